The fourth-order valence-electron chi connectivity index (χ4n) is 2.47. The molecule has 0 radical (unpaired) electrons. The van der Waals surface area contributed by atoms with E-state index in [9.17, 15) is 14.0 Å². The van der Waals surface area contributed by atoms with E-state index in [1.807, 2.05) is 4.90 Å². The van der Waals surface area contributed by atoms with E-state index in [1.54, 1.807) is 24.0 Å². The van der Waals surface area contributed by atoms with Gasteiger partial charge in [-0.15, -0.1) is 0 Å². The van der Waals surface area contributed by atoms with Gasteiger partial charge in [-0.3, -0.25) is 14.5 Å². The van der Waals surface area contributed by atoms with Gasteiger partial charge in [-0.2, -0.15) is 0 Å². The average Bonchev–Trinajstić information content (AvgIpc) is 2.46. The van der Waals surface area contributed by atoms with Crippen LogP contribution in [0.5, 0.6) is 0 Å². The smallest absolute Gasteiger partial charge is 0.234 e. The van der Waals surface area contributed by atoms with Gasteiger partial charge in [-0.05, 0) is 24.6 Å². The minimum absolute atomic E-state index is 0.0213. The van der Waals surface area contributed by atoms with Crippen molar-refractivity contribution >= 4 is 11.8 Å². The van der Waals surface area contributed by atoms with Gasteiger partial charge in [0.15, 0.2) is 0 Å². The topological polar surface area (TPSA) is 66.6 Å². The maximum atomic E-state index is 13.1. The third-order valence-electron chi connectivity index (χ3n) is 3.87. The maximum absolute atomic E-state index is 13.1. The minimum atomic E-state index is -0.352. The predicted molar refractivity (Wildman–Crippen MR) is 76.9 cm³/mol. The van der Waals surface area contributed by atoms with E-state index >= 15 is 0 Å². The molecular formula is C15H20FN3O2. The zero-order chi connectivity index (χ0) is 15.4. The molecule has 1 aliphatic rings. The van der Waals surface area contributed by atoms with Crippen molar-refractivity contribution in [3.63, 3.8) is 0 Å². The van der Waals surface area contributed by atoms with Crippen LogP contribution in [0.4, 0.5) is 4.39 Å². The molecule has 2 rings (SSSR count). The largest absolute Gasteiger partial charge is 0.368 e. The molecule has 0 aromatic heterocycles. The lowest BCUT2D eigenvalue weighted by atomic mass is 10.1. The molecule has 0 aliphatic carbocycles. The number of benzene rings is 1. The van der Waals surface area contributed by atoms with E-state index in [4.69, 9.17) is 5.73 Å². The third-order valence-corrected chi connectivity index (χ3v) is 3.87. The van der Waals surface area contributed by atoms with Gasteiger partial charge in [0.05, 0.1) is 12.5 Å². The summed E-state index contributed by atoms with van der Waals surface area (Å²) < 4.78 is 13.1. The molecule has 1 atom stereocenters. The van der Waals surface area contributed by atoms with E-state index in [2.05, 4.69) is 0 Å². The number of primary amides is 1. The summed E-state index contributed by atoms with van der Waals surface area (Å²) in [6, 6.07) is 5.77. The van der Waals surface area contributed by atoms with E-state index < -0.39 is 0 Å². The molecule has 5 nitrogen and oxygen atoms in total. The van der Waals surface area contributed by atoms with Crippen molar-refractivity contribution in [2.24, 2.45) is 5.73 Å². The highest BCUT2D eigenvalue weighted by molar-refractivity contribution is 5.80. The fourth-order valence-corrected chi connectivity index (χ4v) is 2.47. The molecule has 1 unspecified atom stereocenters. The summed E-state index contributed by atoms with van der Waals surface area (Å²) in [7, 11) is 0. The Labute approximate surface area is 123 Å². The average molecular weight is 293 g/mol. The Kier molecular flexibility index (Phi) is 4.90. The van der Waals surface area contributed by atoms with Crippen LogP contribution in [0, 0.1) is 5.82 Å². The van der Waals surface area contributed by atoms with Crippen LogP contribution in [0.3, 0.4) is 0 Å². The summed E-state index contributed by atoms with van der Waals surface area (Å²) in [6.07, 6.45) is 0.198. The SMILES string of the molecule is CC(C(N)=O)N1CCN(C(=O)Cc2cccc(F)c2)CC1. The van der Waals surface area contributed by atoms with Crippen LogP contribution in [0.2, 0.25) is 0 Å². The lowest BCUT2D eigenvalue weighted by molar-refractivity contribution is -0.133. The summed E-state index contributed by atoms with van der Waals surface area (Å²) in [5, 5.41) is 0. The van der Waals surface area contributed by atoms with Crippen molar-refractivity contribution in [2.75, 3.05) is 26.2 Å². The molecule has 1 aromatic carbocycles. The molecule has 1 aliphatic heterocycles. The molecule has 114 valence electrons. The zero-order valence-electron chi connectivity index (χ0n) is 12.1. The molecule has 2 N–H and O–H groups in total. The van der Waals surface area contributed by atoms with E-state index in [-0.39, 0.29) is 30.1 Å². The quantitative estimate of drug-likeness (QED) is 0.873. The Morgan fingerprint density at radius 3 is 2.52 bits per heavy atom. The molecular weight excluding hydrogens is 273 g/mol. The number of hydrogen-bond donors (Lipinski definition) is 1. The van der Waals surface area contributed by atoms with Crippen LogP contribution in [0.25, 0.3) is 0 Å². The number of halogens is 1. The number of nitrogens with two attached hydrogens (primary N) is 1. The summed E-state index contributed by atoms with van der Waals surface area (Å²) in [4.78, 5) is 27.0. The molecule has 0 bridgehead atoms. The van der Waals surface area contributed by atoms with Crippen molar-refractivity contribution < 1.29 is 14.0 Å². The first kappa shape index (κ1) is 15.4. The van der Waals surface area contributed by atoms with Gasteiger partial charge in [-0.1, -0.05) is 12.1 Å². The van der Waals surface area contributed by atoms with Gasteiger partial charge < -0.3 is 10.6 Å². The summed E-state index contributed by atoms with van der Waals surface area (Å²) in [5.74, 6) is -0.707. The van der Waals surface area contributed by atoms with Crippen molar-refractivity contribution in [1.29, 1.82) is 0 Å². The second-order valence-corrected chi connectivity index (χ2v) is 5.30. The maximum Gasteiger partial charge on any atom is 0.234 e. The second kappa shape index (κ2) is 6.67. The second-order valence-electron chi connectivity index (χ2n) is 5.30. The number of carbonyl (C=O) groups excluding carboxylic acids is 2. The standard InChI is InChI=1S/C15H20FN3O2/c1-11(15(17)21)18-5-7-19(8-6-18)14(20)10-12-3-2-4-13(16)9-12/h2-4,9,11H,5-8,10H2,1H3,(H2,17,21). The van der Waals surface area contributed by atoms with Crippen LogP contribution >= 0.6 is 0 Å². The Morgan fingerprint density at radius 2 is 1.95 bits per heavy atom. The highest BCUT2D eigenvalue weighted by Gasteiger charge is 2.26. The number of nitrogens with zero attached hydrogens (tertiary/aromatic N) is 2. The van der Waals surface area contributed by atoms with Crippen molar-refractivity contribution in [2.45, 2.75) is 19.4 Å². The predicted octanol–water partition coefficient (Wildman–Crippen LogP) is 0.386. The Morgan fingerprint density at radius 1 is 1.29 bits per heavy atom. The molecule has 1 saturated heterocycles. The molecule has 1 heterocycles. The number of amides is 2. The van der Waals surface area contributed by atoms with Gasteiger partial charge in [0, 0.05) is 26.2 Å². The van der Waals surface area contributed by atoms with Gasteiger partial charge in [0.2, 0.25) is 11.8 Å². The van der Waals surface area contributed by atoms with Crippen molar-refractivity contribution in [3.05, 3.63) is 35.6 Å². The summed E-state index contributed by atoms with van der Waals surface area (Å²) >= 11 is 0. The highest BCUT2D eigenvalue weighted by atomic mass is 19.1. The van der Waals surface area contributed by atoms with Gasteiger partial charge in [0.1, 0.15) is 5.82 Å². The first-order valence-corrected chi connectivity index (χ1v) is 7.03. The third kappa shape index (κ3) is 4.01. The molecule has 21 heavy (non-hydrogen) atoms. The molecule has 2 amide bonds. The van der Waals surface area contributed by atoms with Crippen LogP contribution in [0.15, 0.2) is 24.3 Å². The lowest BCUT2D eigenvalue weighted by Gasteiger charge is -2.37. The number of piperazine rings is 1. The van der Waals surface area contributed by atoms with Crippen LogP contribution in [-0.4, -0.2) is 53.8 Å². The minimum Gasteiger partial charge on any atom is -0.368 e. The number of rotatable bonds is 4. The number of hydrogen-bond acceptors (Lipinski definition) is 3. The van der Waals surface area contributed by atoms with Crippen molar-refractivity contribution in [3.8, 4) is 0 Å². The Balaban J connectivity index is 1.87. The highest BCUT2D eigenvalue weighted by Crippen LogP contribution is 2.10. The van der Waals surface area contributed by atoms with Gasteiger partial charge in [0.25, 0.3) is 0 Å². The van der Waals surface area contributed by atoms with E-state index in [0.29, 0.717) is 31.7 Å². The summed E-state index contributed by atoms with van der Waals surface area (Å²) in [5.41, 5.74) is 5.95. The lowest BCUT2D eigenvalue weighted by Crippen LogP contribution is -2.54. The molecule has 0 spiro atoms. The van der Waals surface area contributed by atoms with Crippen LogP contribution in [0.1, 0.15) is 12.5 Å². The zero-order valence-corrected chi connectivity index (χ0v) is 12.1. The molecule has 6 heteroatoms. The van der Waals surface area contributed by atoms with Crippen molar-refractivity contribution in [1.82, 2.24) is 9.80 Å². The van der Waals surface area contributed by atoms with Gasteiger partial charge >= 0.3 is 0 Å². The Hall–Kier alpha value is -1.95. The van der Waals surface area contributed by atoms with E-state index in [1.165, 1.54) is 12.1 Å². The molecule has 1 aromatic rings. The van der Waals surface area contributed by atoms with E-state index in [0.717, 1.165) is 0 Å². The fraction of sp³-hybridized carbons (Fsp3) is 0.467. The van der Waals surface area contributed by atoms with Crippen LogP contribution < -0.4 is 5.73 Å². The van der Waals surface area contributed by atoms with Gasteiger partial charge in [-0.25, -0.2) is 4.39 Å². The first-order valence-electron chi connectivity index (χ1n) is 7.03. The first-order chi connectivity index (χ1) is 9.97. The molecule has 0 saturated carbocycles. The van der Waals surface area contributed by atoms with Crippen LogP contribution in [-0.2, 0) is 16.0 Å². The molecule has 1 fully saturated rings. The number of carbonyl (C=O) groups is 2. The Bertz CT molecular complexity index is 527. The summed E-state index contributed by atoms with van der Waals surface area (Å²) in [6.45, 7) is 4.14. The normalized spacial score (nSPS) is 17.5. The monoisotopic (exact) mass is 293 g/mol.